The average molecular weight is 403 g/mol. The van der Waals surface area contributed by atoms with Gasteiger partial charge in [-0.05, 0) is 18.2 Å². The fourth-order valence-electron chi connectivity index (χ4n) is 2.08. The number of thioether (sulfide) groups is 1. The third-order valence-corrected chi connectivity index (χ3v) is 5.46. The summed E-state index contributed by atoms with van der Waals surface area (Å²) in [4.78, 5) is 17.3. The zero-order chi connectivity index (χ0) is 17.1. The predicted octanol–water partition coefficient (Wildman–Crippen LogP) is 3.49. The summed E-state index contributed by atoms with van der Waals surface area (Å²) in [6.45, 7) is 0.819. The highest BCUT2D eigenvalue weighted by Crippen LogP contribution is 2.27. The number of rotatable bonds is 6. The van der Waals surface area contributed by atoms with Crippen molar-refractivity contribution in [1.82, 2.24) is 19.1 Å². The van der Waals surface area contributed by atoms with Crippen LogP contribution in [0.2, 0.25) is 9.36 Å². The molecular formula is C14H12Cl2N4O2S2. The summed E-state index contributed by atoms with van der Waals surface area (Å²) in [5.74, 6) is 0.473. The van der Waals surface area contributed by atoms with Crippen LogP contribution in [0.15, 0.2) is 28.2 Å². The number of nitrogens with zero attached hydrogens (tertiary/aromatic N) is 4. The lowest BCUT2D eigenvalue weighted by molar-refractivity contribution is 0.183. The Morgan fingerprint density at radius 2 is 2.21 bits per heavy atom. The highest BCUT2D eigenvalue weighted by atomic mass is 35.5. The van der Waals surface area contributed by atoms with Crippen molar-refractivity contribution in [3.63, 3.8) is 0 Å². The van der Waals surface area contributed by atoms with E-state index in [0.29, 0.717) is 50.0 Å². The smallest absolute Gasteiger partial charge is 0.262 e. The van der Waals surface area contributed by atoms with Crippen LogP contribution in [0.3, 0.4) is 0 Å². The highest BCUT2D eigenvalue weighted by Gasteiger charge is 2.14. The summed E-state index contributed by atoms with van der Waals surface area (Å²) >= 11 is 14.6. The topological polar surface area (TPSA) is 69.9 Å². The fraction of sp³-hybridized carbons (Fsp3) is 0.286. The lowest BCUT2D eigenvalue weighted by Crippen LogP contribution is -2.25. The number of fused-ring (bicyclic) bond motifs is 1. The average Bonchev–Trinajstić information content (AvgIpc) is 2.97. The van der Waals surface area contributed by atoms with E-state index in [9.17, 15) is 4.79 Å². The van der Waals surface area contributed by atoms with Gasteiger partial charge in [-0.3, -0.25) is 9.36 Å². The van der Waals surface area contributed by atoms with Crippen molar-refractivity contribution < 1.29 is 4.74 Å². The van der Waals surface area contributed by atoms with E-state index in [1.54, 1.807) is 29.9 Å². The first-order chi connectivity index (χ1) is 11.6. The molecule has 0 atom stereocenters. The third kappa shape index (κ3) is 3.73. The van der Waals surface area contributed by atoms with Gasteiger partial charge in [-0.1, -0.05) is 39.5 Å². The van der Waals surface area contributed by atoms with Crippen LogP contribution in [0.4, 0.5) is 0 Å². The van der Waals surface area contributed by atoms with Gasteiger partial charge in [-0.15, -0.1) is 5.10 Å². The van der Waals surface area contributed by atoms with Crippen LogP contribution in [-0.4, -0.2) is 32.9 Å². The lowest BCUT2D eigenvalue weighted by Gasteiger charge is -2.12. The first kappa shape index (κ1) is 17.6. The lowest BCUT2D eigenvalue weighted by atomic mass is 10.2. The SMILES string of the molecule is COCCn1c(SCc2nnsc2Cl)nc2cc(Cl)ccc2c1=O. The fourth-order valence-corrected chi connectivity index (χ4v) is 4.00. The van der Waals surface area contributed by atoms with Crippen molar-refractivity contribution in [3.8, 4) is 0 Å². The maximum absolute atomic E-state index is 12.8. The van der Waals surface area contributed by atoms with Crippen LogP contribution in [0, 0.1) is 0 Å². The summed E-state index contributed by atoms with van der Waals surface area (Å²) < 4.78 is 11.0. The van der Waals surface area contributed by atoms with Gasteiger partial charge in [0.1, 0.15) is 10.0 Å². The van der Waals surface area contributed by atoms with E-state index >= 15 is 0 Å². The first-order valence-electron chi connectivity index (χ1n) is 6.88. The Bertz CT molecular complexity index is 929. The molecule has 0 amide bonds. The van der Waals surface area contributed by atoms with Gasteiger partial charge in [0.05, 0.1) is 24.1 Å². The van der Waals surface area contributed by atoms with Gasteiger partial charge >= 0.3 is 0 Å². The predicted molar refractivity (Wildman–Crippen MR) is 97.4 cm³/mol. The second-order valence-corrected chi connectivity index (χ2v) is 7.52. The molecule has 10 heteroatoms. The zero-order valence-corrected chi connectivity index (χ0v) is 15.7. The second-order valence-electron chi connectivity index (χ2n) is 4.79. The molecular weight excluding hydrogens is 391 g/mol. The zero-order valence-electron chi connectivity index (χ0n) is 12.5. The van der Waals surface area contributed by atoms with E-state index in [1.165, 1.54) is 11.8 Å². The van der Waals surface area contributed by atoms with E-state index in [4.69, 9.17) is 27.9 Å². The molecule has 1 aromatic carbocycles. The number of hydrogen-bond donors (Lipinski definition) is 0. The van der Waals surface area contributed by atoms with Gasteiger partial charge < -0.3 is 4.74 Å². The van der Waals surface area contributed by atoms with Gasteiger partial charge in [0.2, 0.25) is 0 Å². The Balaban J connectivity index is 2.02. The molecule has 0 bridgehead atoms. The molecule has 0 N–H and O–H groups in total. The minimum Gasteiger partial charge on any atom is -0.383 e. The van der Waals surface area contributed by atoms with E-state index in [2.05, 4.69) is 14.6 Å². The minimum atomic E-state index is -0.126. The van der Waals surface area contributed by atoms with Gasteiger partial charge in [-0.2, -0.15) is 0 Å². The Labute approximate surface area is 155 Å². The van der Waals surface area contributed by atoms with Crippen LogP contribution in [0.25, 0.3) is 10.9 Å². The van der Waals surface area contributed by atoms with Gasteiger partial charge in [0.15, 0.2) is 5.16 Å². The maximum Gasteiger partial charge on any atom is 0.262 e. The van der Waals surface area contributed by atoms with Crippen molar-refractivity contribution in [2.75, 3.05) is 13.7 Å². The highest BCUT2D eigenvalue weighted by molar-refractivity contribution is 7.98. The van der Waals surface area contributed by atoms with Crippen LogP contribution in [-0.2, 0) is 17.0 Å². The third-order valence-electron chi connectivity index (χ3n) is 3.25. The van der Waals surface area contributed by atoms with Crippen LogP contribution in [0.1, 0.15) is 5.69 Å². The molecule has 3 aromatic rings. The maximum atomic E-state index is 12.8. The summed E-state index contributed by atoms with van der Waals surface area (Å²) in [5, 5.41) is 5.60. The molecule has 0 saturated heterocycles. The number of benzene rings is 1. The molecule has 2 aromatic heterocycles. The molecule has 126 valence electrons. The quantitative estimate of drug-likeness (QED) is 0.464. The molecule has 6 nitrogen and oxygen atoms in total. The number of halogens is 2. The number of aromatic nitrogens is 4. The minimum absolute atomic E-state index is 0.126. The molecule has 0 unspecified atom stereocenters. The van der Waals surface area contributed by atoms with E-state index < -0.39 is 0 Å². The van der Waals surface area contributed by atoms with Crippen LogP contribution < -0.4 is 5.56 Å². The van der Waals surface area contributed by atoms with E-state index in [0.717, 1.165) is 11.5 Å². The Kier molecular flexibility index (Phi) is 5.72. The normalized spacial score (nSPS) is 11.3. The van der Waals surface area contributed by atoms with Crippen LogP contribution >= 0.6 is 46.5 Å². The molecule has 0 aliphatic rings. The molecule has 0 fully saturated rings. The first-order valence-corrected chi connectivity index (χ1v) is 9.40. The van der Waals surface area contributed by atoms with Gasteiger partial charge in [-0.25, -0.2) is 4.98 Å². The van der Waals surface area contributed by atoms with E-state index in [-0.39, 0.29) is 5.56 Å². The molecule has 0 aliphatic heterocycles. The van der Waals surface area contributed by atoms with Crippen molar-refractivity contribution in [1.29, 1.82) is 0 Å². The summed E-state index contributed by atoms with van der Waals surface area (Å²) in [5.41, 5.74) is 1.11. The number of hydrogen-bond acceptors (Lipinski definition) is 7. The summed E-state index contributed by atoms with van der Waals surface area (Å²) in [6.07, 6.45) is 0. The van der Waals surface area contributed by atoms with Crippen molar-refractivity contribution in [3.05, 3.63) is 43.6 Å². The molecule has 3 rings (SSSR count). The Hall–Kier alpha value is -1.19. The Morgan fingerprint density at radius 1 is 1.38 bits per heavy atom. The van der Waals surface area contributed by atoms with Crippen molar-refractivity contribution in [2.45, 2.75) is 17.5 Å². The molecule has 0 radical (unpaired) electrons. The number of methoxy groups -OCH3 is 1. The van der Waals surface area contributed by atoms with Gasteiger partial charge in [0.25, 0.3) is 5.56 Å². The molecule has 24 heavy (non-hydrogen) atoms. The number of ether oxygens (including phenoxy) is 1. The molecule has 0 spiro atoms. The summed E-state index contributed by atoms with van der Waals surface area (Å²) in [7, 11) is 1.59. The molecule has 0 aliphatic carbocycles. The van der Waals surface area contributed by atoms with Gasteiger partial charge in [0, 0.05) is 29.4 Å². The van der Waals surface area contributed by atoms with E-state index in [1.807, 2.05) is 0 Å². The molecule has 0 saturated carbocycles. The van der Waals surface area contributed by atoms with Crippen molar-refractivity contribution >= 4 is 57.4 Å². The van der Waals surface area contributed by atoms with Crippen LogP contribution in [0.5, 0.6) is 0 Å². The van der Waals surface area contributed by atoms with Crippen molar-refractivity contribution in [2.24, 2.45) is 0 Å². The second kappa shape index (κ2) is 7.79. The monoisotopic (exact) mass is 402 g/mol. The molecule has 2 heterocycles. The summed E-state index contributed by atoms with van der Waals surface area (Å²) in [6, 6.07) is 5.05. The standard InChI is InChI=1S/C14H12Cl2N4O2S2/c1-22-5-4-20-13(21)9-3-2-8(15)6-10(9)17-14(20)23-7-11-12(16)24-19-18-11/h2-3,6H,4-5,7H2,1H3. The Morgan fingerprint density at radius 3 is 2.92 bits per heavy atom. The largest absolute Gasteiger partial charge is 0.383 e.